The Morgan fingerprint density at radius 1 is 1.19 bits per heavy atom. The molecule has 2 rings (SSSR count). The summed E-state index contributed by atoms with van der Waals surface area (Å²) in [6, 6.07) is 7.43. The third kappa shape index (κ3) is 6.71. The average Bonchev–Trinajstić information content (AvgIpc) is 2.74. The van der Waals surface area contributed by atoms with E-state index in [1.54, 1.807) is 13.0 Å². The molecule has 0 aliphatic carbocycles. The minimum absolute atomic E-state index is 0.00365. The highest BCUT2D eigenvalue weighted by molar-refractivity contribution is 7.92. The lowest BCUT2D eigenvalue weighted by molar-refractivity contribution is -0.139. The molecule has 1 heterocycles. The Morgan fingerprint density at radius 3 is 2.47 bits per heavy atom. The first-order chi connectivity index (χ1) is 15.0. The number of hydrogen-bond acceptors (Lipinski definition) is 6. The molecule has 0 fully saturated rings. The lowest BCUT2D eigenvalue weighted by Crippen LogP contribution is -2.16. The topological polar surface area (TPSA) is 106 Å². The molecule has 0 aliphatic rings. The van der Waals surface area contributed by atoms with Crippen LogP contribution >= 0.6 is 0 Å². The van der Waals surface area contributed by atoms with E-state index in [1.807, 2.05) is 6.92 Å². The number of ether oxygens (including phenoxy) is 1. The third-order valence-electron chi connectivity index (χ3n) is 4.27. The minimum Gasteiger partial charge on any atom is -0.512 e. The van der Waals surface area contributed by atoms with Crippen LogP contribution in [-0.4, -0.2) is 31.1 Å². The minimum atomic E-state index is -4.63. The smallest absolute Gasteiger partial charge is 0.417 e. The van der Waals surface area contributed by atoms with Gasteiger partial charge < -0.3 is 9.84 Å². The second-order valence-electron chi connectivity index (χ2n) is 6.78. The van der Waals surface area contributed by atoms with Crippen molar-refractivity contribution >= 4 is 21.7 Å². The maximum Gasteiger partial charge on any atom is 0.417 e. The Hall–Kier alpha value is -3.08. The summed E-state index contributed by atoms with van der Waals surface area (Å²) in [5, 5.41) is 9.53. The van der Waals surface area contributed by atoms with Gasteiger partial charge in [-0.25, -0.2) is 9.78 Å². The van der Waals surface area contributed by atoms with Crippen LogP contribution < -0.4 is 4.72 Å². The number of carbonyl (C=O) groups is 1. The lowest BCUT2D eigenvalue weighted by atomic mass is 10.0. The number of benzene rings is 1. The molecular weight excluding hydrogens is 449 g/mol. The Kier molecular flexibility index (Phi) is 8.25. The van der Waals surface area contributed by atoms with Crippen molar-refractivity contribution in [1.29, 1.82) is 0 Å². The van der Waals surface area contributed by atoms with E-state index in [1.165, 1.54) is 18.2 Å². The van der Waals surface area contributed by atoms with Gasteiger partial charge >= 0.3 is 12.1 Å². The molecule has 0 atom stereocenters. The molecule has 0 saturated heterocycles. The normalized spacial score (nSPS) is 12.8. The summed E-state index contributed by atoms with van der Waals surface area (Å²) in [4.78, 5) is 15.7. The Balaban J connectivity index is 2.24. The monoisotopic (exact) mass is 472 g/mol. The van der Waals surface area contributed by atoms with Crippen molar-refractivity contribution in [3.8, 4) is 0 Å². The van der Waals surface area contributed by atoms with Gasteiger partial charge in [-0.05, 0) is 36.2 Å². The van der Waals surface area contributed by atoms with Gasteiger partial charge in [-0.15, -0.1) is 0 Å². The van der Waals surface area contributed by atoms with Gasteiger partial charge in [-0.3, -0.25) is 4.72 Å². The van der Waals surface area contributed by atoms with Crippen molar-refractivity contribution in [2.24, 2.45) is 0 Å². The Bertz CT molecular complexity index is 1080. The van der Waals surface area contributed by atoms with E-state index < -0.39 is 32.8 Å². The molecule has 0 bridgehead atoms. The highest BCUT2D eigenvalue weighted by atomic mass is 32.2. The van der Waals surface area contributed by atoms with Crippen LogP contribution in [0.1, 0.15) is 37.8 Å². The van der Waals surface area contributed by atoms with Gasteiger partial charge in [0.1, 0.15) is 5.76 Å². The molecule has 0 radical (unpaired) electrons. The number of alkyl halides is 3. The van der Waals surface area contributed by atoms with Crippen molar-refractivity contribution < 1.29 is 36.2 Å². The van der Waals surface area contributed by atoms with Crippen LogP contribution in [-0.2, 0) is 32.2 Å². The Labute approximate surface area is 184 Å². The number of nitrogens with zero attached hydrogens (tertiary/aromatic N) is 1. The summed E-state index contributed by atoms with van der Waals surface area (Å²) in [6.45, 7) is 3.70. The highest BCUT2D eigenvalue weighted by Gasteiger charge is 2.31. The first-order valence-electron chi connectivity index (χ1n) is 9.71. The Morgan fingerprint density at radius 2 is 1.91 bits per heavy atom. The van der Waals surface area contributed by atoms with E-state index >= 15 is 0 Å². The van der Waals surface area contributed by atoms with Gasteiger partial charge in [0.05, 0.1) is 17.7 Å². The first-order valence-corrected chi connectivity index (χ1v) is 11.2. The molecule has 174 valence electrons. The molecule has 0 aliphatic heterocycles. The molecule has 0 amide bonds. The van der Waals surface area contributed by atoms with Crippen LogP contribution in [0.5, 0.6) is 0 Å². The number of aliphatic hydroxyl groups is 1. The summed E-state index contributed by atoms with van der Waals surface area (Å²) in [6.07, 6.45) is -3.37. The number of nitrogens with one attached hydrogen (secondary N) is 1. The molecule has 2 N–H and O–H groups in total. The second kappa shape index (κ2) is 10.5. The fourth-order valence-electron chi connectivity index (χ4n) is 2.65. The standard InChI is InChI=1S/C21H23F3N2O5S/c1-3-10-31-20(28)17(18(27)4-2)12-14-6-5-7-16(11-14)26-32(29,30)19-9-8-15(13-25-19)21(22,23)24/h5-9,11,13,26-27H,3-4,10,12H2,1-2H3/b18-17+. The molecule has 11 heteroatoms. The molecule has 2 aromatic rings. The van der Waals surface area contributed by atoms with Gasteiger partial charge in [0, 0.05) is 24.7 Å². The molecule has 7 nitrogen and oxygen atoms in total. The van der Waals surface area contributed by atoms with Crippen molar-refractivity contribution in [2.75, 3.05) is 11.3 Å². The quantitative estimate of drug-likeness (QED) is 0.313. The number of aliphatic hydroxyl groups excluding tert-OH is 1. The van der Waals surface area contributed by atoms with E-state index in [-0.39, 0.29) is 36.5 Å². The molecule has 1 aromatic carbocycles. The first kappa shape index (κ1) is 25.2. The predicted molar refractivity (Wildman–Crippen MR) is 111 cm³/mol. The van der Waals surface area contributed by atoms with Crippen LogP contribution in [0.15, 0.2) is 59.0 Å². The summed E-state index contributed by atoms with van der Waals surface area (Å²) < 4.78 is 70.3. The van der Waals surface area contributed by atoms with Crippen molar-refractivity contribution in [2.45, 2.75) is 44.3 Å². The van der Waals surface area contributed by atoms with Crippen molar-refractivity contribution in [3.05, 3.63) is 65.1 Å². The SMILES string of the molecule is CCCOC(=O)/C(Cc1cccc(NS(=O)(=O)c2ccc(C(F)(F)F)cn2)c1)=C(/O)CC. The zero-order valence-corrected chi connectivity index (χ0v) is 18.3. The maximum atomic E-state index is 12.7. The summed E-state index contributed by atoms with van der Waals surface area (Å²) in [5.74, 6) is -0.794. The van der Waals surface area contributed by atoms with E-state index in [9.17, 15) is 31.5 Å². The number of pyridine rings is 1. The number of hydrogen-bond donors (Lipinski definition) is 2. The number of carbonyl (C=O) groups excluding carboxylic acids is 1. The number of anilines is 1. The maximum absolute atomic E-state index is 12.7. The van der Waals surface area contributed by atoms with Crippen molar-refractivity contribution in [1.82, 2.24) is 4.98 Å². The van der Waals surface area contributed by atoms with E-state index in [0.717, 1.165) is 6.07 Å². The van der Waals surface area contributed by atoms with Crippen LogP contribution in [0.3, 0.4) is 0 Å². The summed E-state index contributed by atoms with van der Waals surface area (Å²) in [7, 11) is -4.25. The van der Waals surface area contributed by atoms with Crippen LogP contribution in [0.25, 0.3) is 0 Å². The highest BCUT2D eigenvalue weighted by Crippen LogP contribution is 2.29. The lowest BCUT2D eigenvalue weighted by Gasteiger charge is -2.12. The van der Waals surface area contributed by atoms with Gasteiger partial charge in [-0.1, -0.05) is 26.0 Å². The number of esters is 1. The number of sulfonamides is 1. The van der Waals surface area contributed by atoms with Gasteiger partial charge in [0.2, 0.25) is 0 Å². The summed E-state index contributed by atoms with van der Waals surface area (Å²) >= 11 is 0. The molecule has 1 aromatic heterocycles. The average molecular weight is 472 g/mol. The van der Waals surface area contributed by atoms with Gasteiger partial charge in [0.25, 0.3) is 10.0 Å². The number of allylic oxidation sites excluding steroid dienone is 1. The van der Waals surface area contributed by atoms with Crippen LogP contribution in [0.4, 0.5) is 18.9 Å². The fraction of sp³-hybridized carbons (Fsp3) is 0.333. The molecular formula is C21H23F3N2O5S. The zero-order valence-electron chi connectivity index (χ0n) is 17.4. The largest absolute Gasteiger partial charge is 0.512 e. The second-order valence-corrected chi connectivity index (χ2v) is 8.41. The molecule has 0 spiro atoms. The zero-order chi connectivity index (χ0) is 23.9. The summed E-state index contributed by atoms with van der Waals surface area (Å²) in [5.41, 5.74) is -0.385. The fourth-order valence-corrected chi connectivity index (χ4v) is 3.63. The predicted octanol–water partition coefficient (Wildman–Crippen LogP) is 4.62. The molecule has 32 heavy (non-hydrogen) atoms. The van der Waals surface area contributed by atoms with Crippen molar-refractivity contribution in [3.63, 3.8) is 0 Å². The van der Waals surface area contributed by atoms with Gasteiger partial charge in [0.15, 0.2) is 5.03 Å². The number of halogens is 3. The molecule has 0 unspecified atom stereocenters. The molecule has 0 saturated carbocycles. The van der Waals surface area contributed by atoms with E-state index in [2.05, 4.69) is 9.71 Å². The number of aromatic nitrogens is 1. The van der Waals surface area contributed by atoms with Crippen LogP contribution in [0.2, 0.25) is 0 Å². The van der Waals surface area contributed by atoms with E-state index in [0.29, 0.717) is 24.2 Å². The van der Waals surface area contributed by atoms with Gasteiger partial charge in [-0.2, -0.15) is 21.6 Å². The van der Waals surface area contributed by atoms with E-state index in [4.69, 9.17) is 4.74 Å². The number of rotatable bonds is 9. The third-order valence-corrected chi connectivity index (χ3v) is 5.56. The van der Waals surface area contributed by atoms with Crippen LogP contribution in [0, 0.1) is 0 Å².